The minimum Gasteiger partial charge on any atom is -0.408 e. The topological polar surface area (TPSA) is 79.8 Å². The summed E-state index contributed by atoms with van der Waals surface area (Å²) in [7, 11) is 0. The van der Waals surface area contributed by atoms with E-state index in [0.29, 0.717) is 49.7 Å². The molecule has 0 aliphatic carbocycles. The Bertz CT molecular complexity index is 998. The third kappa shape index (κ3) is 3.83. The highest BCUT2D eigenvalue weighted by atomic mass is 16.4. The second-order valence-electron chi connectivity index (χ2n) is 8.29. The lowest BCUT2D eigenvalue weighted by Gasteiger charge is -2.33. The number of hydrogen-bond acceptors (Lipinski definition) is 6. The van der Waals surface area contributed by atoms with E-state index in [2.05, 4.69) is 24.0 Å². The van der Waals surface area contributed by atoms with Crippen molar-refractivity contribution in [1.82, 2.24) is 24.5 Å². The van der Waals surface area contributed by atoms with Gasteiger partial charge in [0.25, 0.3) is 5.91 Å². The Balaban J connectivity index is 1.50. The van der Waals surface area contributed by atoms with Crippen molar-refractivity contribution in [1.29, 1.82) is 0 Å². The van der Waals surface area contributed by atoms with Crippen molar-refractivity contribution in [3.63, 3.8) is 0 Å². The summed E-state index contributed by atoms with van der Waals surface area (Å²) in [4.78, 5) is 21.9. The van der Waals surface area contributed by atoms with E-state index in [0.717, 1.165) is 17.8 Å². The van der Waals surface area contributed by atoms with Gasteiger partial charge in [0.1, 0.15) is 5.82 Å². The van der Waals surface area contributed by atoms with Gasteiger partial charge in [0.15, 0.2) is 5.69 Å². The number of fused-ring (bicyclic) bond motifs is 1. The first kappa shape index (κ1) is 19.4. The molecule has 4 rings (SSSR count). The predicted molar refractivity (Wildman–Crippen MR) is 110 cm³/mol. The zero-order valence-corrected chi connectivity index (χ0v) is 17.5. The van der Waals surface area contributed by atoms with Gasteiger partial charge in [-0.3, -0.25) is 4.79 Å². The molecule has 0 unspecified atom stereocenters. The van der Waals surface area contributed by atoms with Crippen LogP contribution in [0.2, 0.25) is 0 Å². The monoisotopic (exact) mass is 396 g/mol. The summed E-state index contributed by atoms with van der Waals surface area (Å²) < 4.78 is 7.78. The largest absolute Gasteiger partial charge is 0.408 e. The van der Waals surface area contributed by atoms with Gasteiger partial charge in [-0.2, -0.15) is 0 Å². The molecule has 3 aromatic heterocycles. The van der Waals surface area contributed by atoms with Crippen LogP contribution in [-0.4, -0.2) is 56.6 Å². The lowest BCUT2D eigenvalue weighted by atomic mass is 10.1. The molecule has 154 valence electrons. The molecule has 29 heavy (non-hydrogen) atoms. The van der Waals surface area contributed by atoms with Crippen LogP contribution in [0.25, 0.3) is 5.52 Å². The van der Waals surface area contributed by atoms with E-state index < -0.39 is 0 Å². The number of carbonyl (C=O) groups excluding carboxylic acids is 1. The molecule has 3 aromatic rings. The SMILES string of the molecule is CC(C)Cc1nc(C(=O)N2CCN(c3nnc(C(C)C)o3)CC2)c2ccccn12. The van der Waals surface area contributed by atoms with E-state index in [1.807, 2.05) is 52.4 Å². The fourth-order valence-corrected chi connectivity index (χ4v) is 3.61. The third-order valence-electron chi connectivity index (χ3n) is 5.18. The zero-order chi connectivity index (χ0) is 20.5. The van der Waals surface area contributed by atoms with Crippen molar-refractivity contribution in [3.05, 3.63) is 41.8 Å². The Hall–Kier alpha value is -2.90. The maximum absolute atomic E-state index is 13.2. The number of carbonyl (C=O) groups is 1. The van der Waals surface area contributed by atoms with Gasteiger partial charge in [0.05, 0.1) is 5.52 Å². The number of amides is 1. The second kappa shape index (κ2) is 7.85. The maximum atomic E-state index is 13.2. The van der Waals surface area contributed by atoms with E-state index in [4.69, 9.17) is 9.40 Å². The fraction of sp³-hybridized carbons (Fsp3) is 0.524. The number of aromatic nitrogens is 4. The first-order chi connectivity index (χ1) is 13.9. The van der Waals surface area contributed by atoms with E-state index in [9.17, 15) is 4.79 Å². The average molecular weight is 396 g/mol. The smallest absolute Gasteiger partial charge is 0.318 e. The molecule has 4 heterocycles. The van der Waals surface area contributed by atoms with Crippen LogP contribution in [0.3, 0.4) is 0 Å². The minimum absolute atomic E-state index is 0.0169. The van der Waals surface area contributed by atoms with E-state index >= 15 is 0 Å². The van der Waals surface area contributed by atoms with E-state index in [-0.39, 0.29) is 11.8 Å². The quantitative estimate of drug-likeness (QED) is 0.660. The van der Waals surface area contributed by atoms with Crippen LogP contribution in [0.15, 0.2) is 28.8 Å². The summed E-state index contributed by atoms with van der Waals surface area (Å²) in [5, 5.41) is 8.25. The Morgan fingerprint density at radius 2 is 1.86 bits per heavy atom. The highest BCUT2D eigenvalue weighted by Gasteiger charge is 2.28. The molecule has 0 N–H and O–H groups in total. The molecule has 1 saturated heterocycles. The number of piperazine rings is 1. The van der Waals surface area contributed by atoms with Gasteiger partial charge in [-0.05, 0) is 18.1 Å². The lowest BCUT2D eigenvalue weighted by molar-refractivity contribution is 0.0741. The Kier molecular flexibility index (Phi) is 5.25. The van der Waals surface area contributed by atoms with Gasteiger partial charge in [-0.15, -0.1) is 5.10 Å². The Morgan fingerprint density at radius 1 is 1.10 bits per heavy atom. The molecule has 8 nitrogen and oxygen atoms in total. The number of hydrogen-bond donors (Lipinski definition) is 0. The van der Waals surface area contributed by atoms with Crippen LogP contribution in [0.4, 0.5) is 6.01 Å². The van der Waals surface area contributed by atoms with Crippen LogP contribution >= 0.6 is 0 Å². The third-order valence-corrected chi connectivity index (χ3v) is 5.18. The first-order valence-electron chi connectivity index (χ1n) is 10.3. The normalized spacial score (nSPS) is 15.1. The van der Waals surface area contributed by atoms with Crippen LogP contribution in [0.5, 0.6) is 0 Å². The van der Waals surface area contributed by atoms with Crippen LogP contribution in [0.1, 0.15) is 55.8 Å². The number of rotatable bonds is 5. The summed E-state index contributed by atoms with van der Waals surface area (Å²) >= 11 is 0. The van der Waals surface area contributed by atoms with Crippen LogP contribution in [-0.2, 0) is 6.42 Å². The van der Waals surface area contributed by atoms with Gasteiger partial charge >= 0.3 is 6.01 Å². The second-order valence-corrected chi connectivity index (χ2v) is 8.29. The van der Waals surface area contributed by atoms with Crippen LogP contribution < -0.4 is 4.90 Å². The van der Waals surface area contributed by atoms with Crippen molar-refractivity contribution >= 4 is 17.4 Å². The molecule has 0 radical (unpaired) electrons. The highest BCUT2D eigenvalue weighted by molar-refractivity contribution is 5.99. The Labute approximate surface area is 170 Å². The van der Waals surface area contributed by atoms with Crippen molar-refractivity contribution < 1.29 is 9.21 Å². The molecule has 0 spiro atoms. The zero-order valence-electron chi connectivity index (χ0n) is 17.5. The average Bonchev–Trinajstić information content (AvgIpc) is 3.33. The maximum Gasteiger partial charge on any atom is 0.318 e. The summed E-state index contributed by atoms with van der Waals surface area (Å²) in [6, 6.07) is 6.42. The van der Waals surface area contributed by atoms with Crippen molar-refractivity contribution in [2.75, 3.05) is 31.1 Å². The first-order valence-corrected chi connectivity index (χ1v) is 10.3. The van der Waals surface area contributed by atoms with Gasteiger partial charge in [-0.25, -0.2) is 4.98 Å². The van der Waals surface area contributed by atoms with Crippen molar-refractivity contribution in [3.8, 4) is 0 Å². The molecular weight excluding hydrogens is 368 g/mol. The predicted octanol–water partition coefficient (Wildman–Crippen LogP) is 3.00. The molecule has 1 aliphatic rings. The molecule has 1 fully saturated rings. The molecular formula is C21H28N6O2. The number of nitrogens with zero attached hydrogens (tertiary/aromatic N) is 6. The minimum atomic E-state index is -0.0169. The number of pyridine rings is 1. The van der Waals surface area contributed by atoms with E-state index in [1.54, 1.807) is 0 Å². The van der Waals surface area contributed by atoms with Gasteiger partial charge < -0.3 is 18.6 Å². The van der Waals surface area contributed by atoms with Gasteiger partial charge in [0.2, 0.25) is 5.89 Å². The van der Waals surface area contributed by atoms with Crippen LogP contribution in [0, 0.1) is 5.92 Å². The standard InChI is InChI=1S/C21H28N6O2/c1-14(2)13-17-22-18(16-7-5-6-8-27(16)17)20(28)25-9-11-26(12-10-25)21-24-23-19(29-21)15(3)4/h5-8,14-15H,9-13H2,1-4H3. The summed E-state index contributed by atoms with van der Waals surface area (Å²) in [6.45, 7) is 10.9. The van der Waals surface area contributed by atoms with Crippen molar-refractivity contribution in [2.45, 2.75) is 40.0 Å². The molecule has 1 aliphatic heterocycles. The summed E-state index contributed by atoms with van der Waals surface area (Å²) in [6.07, 6.45) is 2.82. The fourth-order valence-electron chi connectivity index (χ4n) is 3.61. The van der Waals surface area contributed by atoms with E-state index in [1.165, 1.54) is 0 Å². The number of imidazole rings is 1. The molecule has 1 amide bonds. The molecule has 0 bridgehead atoms. The summed E-state index contributed by atoms with van der Waals surface area (Å²) in [5.74, 6) is 2.23. The molecule has 0 atom stereocenters. The van der Waals surface area contributed by atoms with Gasteiger partial charge in [-0.1, -0.05) is 38.9 Å². The molecule has 0 aromatic carbocycles. The lowest BCUT2D eigenvalue weighted by Crippen LogP contribution is -2.49. The molecule has 0 saturated carbocycles. The van der Waals surface area contributed by atoms with Gasteiger partial charge in [0, 0.05) is 44.7 Å². The summed E-state index contributed by atoms with van der Waals surface area (Å²) in [5.41, 5.74) is 1.41. The number of anilines is 1. The van der Waals surface area contributed by atoms with Crippen molar-refractivity contribution in [2.24, 2.45) is 5.92 Å². The highest BCUT2D eigenvalue weighted by Crippen LogP contribution is 2.21. The molecule has 8 heteroatoms. The Morgan fingerprint density at radius 3 is 2.52 bits per heavy atom.